The molecule has 106 valence electrons. The van der Waals surface area contributed by atoms with Crippen LogP contribution in [0.3, 0.4) is 0 Å². The van der Waals surface area contributed by atoms with Gasteiger partial charge in [0.1, 0.15) is 0 Å². The normalized spacial score (nSPS) is 16.9. The summed E-state index contributed by atoms with van der Waals surface area (Å²) in [5.74, 6) is 0.938. The van der Waals surface area contributed by atoms with Gasteiger partial charge in [-0.05, 0) is 57.5 Å². The SMILES string of the molecule is CNC(CCN(C)CC1CC1)c1cccc(Cl)c1Cl. The Morgan fingerprint density at radius 3 is 2.74 bits per heavy atom. The Kier molecular flexibility index (Phi) is 5.52. The van der Waals surface area contributed by atoms with Gasteiger partial charge in [-0.25, -0.2) is 0 Å². The van der Waals surface area contributed by atoms with Crippen LogP contribution in [0, 0.1) is 5.92 Å². The van der Waals surface area contributed by atoms with E-state index in [-0.39, 0.29) is 6.04 Å². The summed E-state index contributed by atoms with van der Waals surface area (Å²) in [5.41, 5.74) is 1.09. The fraction of sp³-hybridized carbons (Fsp3) is 0.600. The summed E-state index contributed by atoms with van der Waals surface area (Å²) in [6, 6.07) is 6.10. The second-order valence-corrected chi connectivity index (χ2v) is 6.26. The number of hydrogen-bond donors (Lipinski definition) is 1. The predicted molar refractivity (Wildman–Crippen MR) is 83.1 cm³/mol. The van der Waals surface area contributed by atoms with Gasteiger partial charge in [0.25, 0.3) is 0 Å². The molecule has 1 aliphatic rings. The molecule has 0 saturated heterocycles. The Morgan fingerprint density at radius 1 is 1.37 bits per heavy atom. The molecule has 2 rings (SSSR count). The Morgan fingerprint density at radius 2 is 2.11 bits per heavy atom. The molecule has 0 amide bonds. The van der Waals surface area contributed by atoms with Crippen LogP contribution in [0.2, 0.25) is 10.0 Å². The first-order valence-electron chi connectivity index (χ1n) is 6.91. The van der Waals surface area contributed by atoms with Gasteiger partial charge in [-0.2, -0.15) is 0 Å². The highest BCUT2D eigenvalue weighted by atomic mass is 35.5. The van der Waals surface area contributed by atoms with Crippen LogP contribution in [0.25, 0.3) is 0 Å². The maximum atomic E-state index is 6.29. The molecular formula is C15H22Cl2N2. The molecule has 0 aromatic heterocycles. The molecule has 0 bridgehead atoms. The third-order valence-electron chi connectivity index (χ3n) is 3.77. The minimum atomic E-state index is 0.257. The fourth-order valence-electron chi connectivity index (χ4n) is 2.43. The summed E-state index contributed by atoms with van der Waals surface area (Å²) in [4.78, 5) is 2.42. The minimum absolute atomic E-state index is 0.257. The van der Waals surface area contributed by atoms with E-state index in [9.17, 15) is 0 Å². The lowest BCUT2D eigenvalue weighted by molar-refractivity contribution is 0.299. The van der Waals surface area contributed by atoms with Crippen LogP contribution in [0.4, 0.5) is 0 Å². The lowest BCUT2D eigenvalue weighted by Crippen LogP contribution is -2.27. The molecule has 1 unspecified atom stereocenters. The van der Waals surface area contributed by atoms with E-state index in [0.717, 1.165) is 24.4 Å². The zero-order valence-electron chi connectivity index (χ0n) is 11.6. The average molecular weight is 301 g/mol. The fourth-order valence-corrected chi connectivity index (χ4v) is 2.87. The van der Waals surface area contributed by atoms with Gasteiger partial charge in [-0.3, -0.25) is 0 Å². The maximum Gasteiger partial charge on any atom is 0.0640 e. The highest BCUT2D eigenvalue weighted by molar-refractivity contribution is 6.42. The standard InChI is InChI=1S/C15H22Cl2N2/c1-18-14(8-9-19(2)10-11-6-7-11)12-4-3-5-13(16)15(12)17/h3-5,11,14,18H,6-10H2,1-2H3. The zero-order chi connectivity index (χ0) is 13.8. The summed E-state index contributed by atoms with van der Waals surface area (Å²) in [6.07, 6.45) is 3.85. The van der Waals surface area contributed by atoms with Crippen LogP contribution in [0.1, 0.15) is 30.9 Å². The largest absolute Gasteiger partial charge is 0.313 e. The molecule has 1 atom stereocenters. The Labute approximate surface area is 126 Å². The summed E-state index contributed by atoms with van der Waals surface area (Å²) in [6.45, 7) is 2.30. The monoisotopic (exact) mass is 300 g/mol. The molecule has 1 aromatic rings. The van der Waals surface area contributed by atoms with E-state index < -0.39 is 0 Å². The van der Waals surface area contributed by atoms with Gasteiger partial charge in [-0.15, -0.1) is 0 Å². The first-order chi connectivity index (χ1) is 9.11. The second-order valence-electron chi connectivity index (χ2n) is 5.48. The lowest BCUT2D eigenvalue weighted by Gasteiger charge is -2.22. The van der Waals surface area contributed by atoms with Crippen molar-refractivity contribution in [1.29, 1.82) is 0 Å². The molecule has 0 spiro atoms. The molecule has 19 heavy (non-hydrogen) atoms. The van der Waals surface area contributed by atoms with Crippen LogP contribution in [-0.2, 0) is 0 Å². The van der Waals surface area contributed by atoms with Gasteiger partial charge in [0.05, 0.1) is 10.0 Å². The number of nitrogens with zero attached hydrogens (tertiary/aromatic N) is 1. The number of benzene rings is 1. The number of rotatable bonds is 7. The molecule has 1 aliphatic carbocycles. The van der Waals surface area contributed by atoms with E-state index in [1.54, 1.807) is 0 Å². The van der Waals surface area contributed by atoms with Crippen molar-refractivity contribution in [2.75, 3.05) is 27.2 Å². The molecule has 1 fully saturated rings. The van der Waals surface area contributed by atoms with E-state index in [1.807, 2.05) is 19.2 Å². The van der Waals surface area contributed by atoms with Crippen LogP contribution in [0.15, 0.2) is 18.2 Å². The van der Waals surface area contributed by atoms with Crippen LogP contribution >= 0.6 is 23.2 Å². The van der Waals surface area contributed by atoms with Crippen molar-refractivity contribution in [3.05, 3.63) is 33.8 Å². The third kappa shape index (κ3) is 4.35. The van der Waals surface area contributed by atoms with E-state index in [1.165, 1.54) is 19.4 Å². The molecule has 1 N–H and O–H groups in total. The molecule has 0 heterocycles. The van der Waals surface area contributed by atoms with Crippen molar-refractivity contribution in [3.63, 3.8) is 0 Å². The summed E-state index contributed by atoms with van der Waals surface area (Å²) in [5, 5.41) is 4.65. The number of hydrogen-bond acceptors (Lipinski definition) is 2. The summed E-state index contributed by atoms with van der Waals surface area (Å²) >= 11 is 12.4. The van der Waals surface area contributed by atoms with Crippen molar-refractivity contribution >= 4 is 23.2 Å². The summed E-state index contributed by atoms with van der Waals surface area (Å²) in [7, 11) is 4.17. The quantitative estimate of drug-likeness (QED) is 0.819. The Bertz CT molecular complexity index is 419. The van der Waals surface area contributed by atoms with Gasteiger partial charge in [0.2, 0.25) is 0 Å². The summed E-state index contributed by atoms with van der Waals surface area (Å²) < 4.78 is 0. The molecule has 1 saturated carbocycles. The zero-order valence-corrected chi connectivity index (χ0v) is 13.1. The second kappa shape index (κ2) is 6.94. The third-order valence-corrected chi connectivity index (χ3v) is 4.61. The van der Waals surface area contributed by atoms with E-state index >= 15 is 0 Å². The number of nitrogens with one attached hydrogen (secondary N) is 1. The maximum absolute atomic E-state index is 6.29. The lowest BCUT2D eigenvalue weighted by atomic mass is 10.0. The number of halogens is 2. The Balaban J connectivity index is 1.93. The minimum Gasteiger partial charge on any atom is -0.313 e. The van der Waals surface area contributed by atoms with E-state index in [2.05, 4.69) is 23.3 Å². The topological polar surface area (TPSA) is 15.3 Å². The van der Waals surface area contributed by atoms with Crippen molar-refractivity contribution in [3.8, 4) is 0 Å². The average Bonchev–Trinajstić information content (AvgIpc) is 3.18. The van der Waals surface area contributed by atoms with Crippen LogP contribution < -0.4 is 5.32 Å². The van der Waals surface area contributed by atoms with Gasteiger partial charge in [-0.1, -0.05) is 35.3 Å². The molecular weight excluding hydrogens is 279 g/mol. The van der Waals surface area contributed by atoms with Gasteiger partial charge >= 0.3 is 0 Å². The predicted octanol–water partition coefficient (Wildman–Crippen LogP) is 3.99. The Hall–Kier alpha value is -0.280. The van der Waals surface area contributed by atoms with Gasteiger partial charge < -0.3 is 10.2 Å². The molecule has 0 radical (unpaired) electrons. The first-order valence-corrected chi connectivity index (χ1v) is 7.67. The van der Waals surface area contributed by atoms with Crippen LogP contribution in [0.5, 0.6) is 0 Å². The van der Waals surface area contributed by atoms with E-state index in [4.69, 9.17) is 23.2 Å². The molecule has 2 nitrogen and oxygen atoms in total. The van der Waals surface area contributed by atoms with Gasteiger partial charge in [0, 0.05) is 12.6 Å². The first kappa shape index (κ1) is 15.1. The highest BCUT2D eigenvalue weighted by Gasteiger charge is 2.23. The highest BCUT2D eigenvalue weighted by Crippen LogP contribution is 2.32. The van der Waals surface area contributed by atoms with E-state index in [0.29, 0.717) is 10.0 Å². The smallest absolute Gasteiger partial charge is 0.0640 e. The van der Waals surface area contributed by atoms with Crippen molar-refractivity contribution < 1.29 is 0 Å². The van der Waals surface area contributed by atoms with Gasteiger partial charge in [0.15, 0.2) is 0 Å². The van der Waals surface area contributed by atoms with Crippen molar-refractivity contribution in [2.45, 2.75) is 25.3 Å². The molecule has 0 aliphatic heterocycles. The molecule has 1 aromatic carbocycles. The molecule has 4 heteroatoms. The van der Waals surface area contributed by atoms with Crippen molar-refractivity contribution in [1.82, 2.24) is 10.2 Å². The van der Waals surface area contributed by atoms with Crippen LogP contribution in [-0.4, -0.2) is 32.1 Å². The van der Waals surface area contributed by atoms with Crippen molar-refractivity contribution in [2.24, 2.45) is 5.92 Å².